The molecule has 3 heterocycles. The maximum Gasteiger partial charge on any atom is 0.164 e. The Hall–Kier alpha value is -7.89. The van der Waals surface area contributed by atoms with Crippen LogP contribution in [-0.2, 0) is 0 Å². The highest BCUT2D eigenvalue weighted by Gasteiger charge is 2.23. The molecule has 0 spiro atoms. The van der Waals surface area contributed by atoms with E-state index in [-0.39, 0.29) is 0 Å². The van der Waals surface area contributed by atoms with Gasteiger partial charge in [0.1, 0.15) is 5.58 Å². The Kier molecular flexibility index (Phi) is 7.16. The Morgan fingerprint density at radius 1 is 0.362 bits per heavy atom. The first-order chi connectivity index (χ1) is 28.7. The smallest absolute Gasteiger partial charge is 0.164 e. The monoisotopic (exact) mass is 740 g/mol. The second-order valence-electron chi connectivity index (χ2n) is 14.8. The van der Waals surface area contributed by atoms with E-state index in [1.165, 1.54) is 26.9 Å². The van der Waals surface area contributed by atoms with Crippen molar-refractivity contribution in [1.29, 1.82) is 0 Å². The topological polar surface area (TPSA) is 56.7 Å². The molecule has 0 saturated carbocycles. The molecule has 0 N–H and O–H groups in total. The van der Waals surface area contributed by atoms with Gasteiger partial charge in [0.2, 0.25) is 0 Å². The summed E-state index contributed by atoms with van der Waals surface area (Å²) < 4.78 is 9.41. The predicted molar refractivity (Wildman–Crippen MR) is 238 cm³/mol. The molecule has 0 aliphatic carbocycles. The Labute approximate surface area is 333 Å². The van der Waals surface area contributed by atoms with Gasteiger partial charge in [-0.1, -0.05) is 152 Å². The minimum absolute atomic E-state index is 0.584. The number of nitrogens with zero attached hydrogens (tertiary/aromatic N) is 4. The van der Waals surface area contributed by atoms with Crippen molar-refractivity contribution in [2.24, 2.45) is 0 Å². The zero-order valence-electron chi connectivity index (χ0n) is 31.2. The Balaban J connectivity index is 1.17. The third-order valence-corrected chi connectivity index (χ3v) is 11.4. The molecular formula is C53H32N4O. The van der Waals surface area contributed by atoms with Gasteiger partial charge in [-0.25, -0.2) is 15.0 Å². The summed E-state index contributed by atoms with van der Waals surface area (Å²) in [5.41, 5.74) is 9.70. The highest BCUT2D eigenvalue weighted by molar-refractivity contribution is 6.18. The van der Waals surface area contributed by atoms with Crippen LogP contribution in [0.2, 0.25) is 0 Å². The lowest BCUT2D eigenvalue weighted by atomic mass is 9.99. The molecule has 9 aromatic carbocycles. The molecule has 0 atom stereocenters. The summed E-state index contributed by atoms with van der Waals surface area (Å²) in [5.74, 6) is 1.81. The van der Waals surface area contributed by atoms with E-state index in [0.717, 1.165) is 71.9 Å². The Morgan fingerprint density at radius 2 is 1.00 bits per heavy atom. The van der Waals surface area contributed by atoms with E-state index in [9.17, 15) is 0 Å². The molecule has 0 unspecified atom stereocenters. The first-order valence-corrected chi connectivity index (χ1v) is 19.5. The molecule has 0 fully saturated rings. The number of hydrogen-bond acceptors (Lipinski definition) is 4. The second-order valence-corrected chi connectivity index (χ2v) is 14.8. The van der Waals surface area contributed by atoms with Gasteiger partial charge < -0.3 is 8.98 Å². The highest BCUT2D eigenvalue weighted by atomic mass is 16.3. The lowest BCUT2D eigenvalue weighted by Crippen LogP contribution is -2.00. The molecule has 0 aliphatic rings. The number of furan rings is 1. The summed E-state index contributed by atoms with van der Waals surface area (Å²) >= 11 is 0. The van der Waals surface area contributed by atoms with Crippen molar-refractivity contribution in [3.8, 4) is 51.0 Å². The van der Waals surface area contributed by atoms with Crippen LogP contribution in [0.1, 0.15) is 0 Å². The molecule has 0 aliphatic heterocycles. The van der Waals surface area contributed by atoms with E-state index in [1.807, 2.05) is 42.5 Å². The van der Waals surface area contributed by atoms with Crippen molar-refractivity contribution in [2.45, 2.75) is 0 Å². The lowest BCUT2D eigenvalue weighted by Gasteiger charge is -2.12. The van der Waals surface area contributed by atoms with Crippen molar-refractivity contribution < 1.29 is 4.42 Å². The van der Waals surface area contributed by atoms with Crippen LogP contribution in [0.5, 0.6) is 0 Å². The van der Waals surface area contributed by atoms with Crippen molar-refractivity contribution in [1.82, 2.24) is 19.5 Å². The average Bonchev–Trinajstić information content (AvgIpc) is 3.83. The van der Waals surface area contributed by atoms with Crippen LogP contribution in [-0.4, -0.2) is 19.5 Å². The number of benzene rings is 9. The summed E-state index contributed by atoms with van der Waals surface area (Å²) in [5, 5.41) is 9.03. The highest BCUT2D eigenvalue weighted by Crippen LogP contribution is 2.44. The fourth-order valence-corrected chi connectivity index (χ4v) is 8.65. The molecule has 12 rings (SSSR count). The Bertz CT molecular complexity index is 3570. The number of rotatable bonds is 5. The second kappa shape index (κ2) is 12.8. The fraction of sp³-hybridized carbons (Fsp3) is 0. The van der Waals surface area contributed by atoms with Crippen LogP contribution in [0.4, 0.5) is 0 Å². The van der Waals surface area contributed by atoms with Crippen LogP contribution in [0.15, 0.2) is 199 Å². The zero-order valence-corrected chi connectivity index (χ0v) is 31.2. The van der Waals surface area contributed by atoms with Crippen LogP contribution >= 0.6 is 0 Å². The quantitative estimate of drug-likeness (QED) is 0.176. The van der Waals surface area contributed by atoms with E-state index < -0.39 is 0 Å². The van der Waals surface area contributed by atoms with E-state index in [2.05, 4.69) is 156 Å². The third-order valence-electron chi connectivity index (χ3n) is 11.4. The van der Waals surface area contributed by atoms with Crippen molar-refractivity contribution >= 4 is 65.3 Å². The van der Waals surface area contributed by atoms with Gasteiger partial charge in [0.05, 0.1) is 16.7 Å². The molecule has 5 heteroatoms. The number of fused-ring (bicyclic) bond motifs is 8. The molecule has 270 valence electrons. The minimum Gasteiger partial charge on any atom is -0.454 e. The fourth-order valence-electron chi connectivity index (χ4n) is 8.65. The zero-order chi connectivity index (χ0) is 38.2. The minimum atomic E-state index is 0.584. The lowest BCUT2D eigenvalue weighted by molar-refractivity contribution is 0.666. The van der Waals surface area contributed by atoms with Gasteiger partial charge in [-0.15, -0.1) is 0 Å². The van der Waals surface area contributed by atoms with Gasteiger partial charge in [-0.2, -0.15) is 0 Å². The largest absolute Gasteiger partial charge is 0.454 e. The molecule has 5 nitrogen and oxygen atoms in total. The summed E-state index contributed by atoms with van der Waals surface area (Å²) in [6, 6.07) is 68.1. The molecule has 0 bridgehead atoms. The first kappa shape index (κ1) is 32.4. The van der Waals surface area contributed by atoms with Crippen LogP contribution in [0.3, 0.4) is 0 Å². The van der Waals surface area contributed by atoms with Gasteiger partial charge in [-0.3, -0.25) is 0 Å². The molecule has 12 aromatic rings. The van der Waals surface area contributed by atoms with Crippen molar-refractivity contribution in [3.63, 3.8) is 0 Å². The molecule has 3 aromatic heterocycles. The first-order valence-electron chi connectivity index (χ1n) is 19.5. The molecular weight excluding hydrogens is 709 g/mol. The van der Waals surface area contributed by atoms with Gasteiger partial charge in [0.15, 0.2) is 23.1 Å². The molecule has 0 saturated heterocycles. The van der Waals surface area contributed by atoms with Crippen LogP contribution in [0.25, 0.3) is 116 Å². The summed E-state index contributed by atoms with van der Waals surface area (Å²) in [6.07, 6.45) is 0. The maximum absolute atomic E-state index is 7.03. The number of aromatic nitrogens is 4. The van der Waals surface area contributed by atoms with Gasteiger partial charge in [0.25, 0.3) is 0 Å². The summed E-state index contributed by atoms with van der Waals surface area (Å²) in [7, 11) is 0. The van der Waals surface area contributed by atoms with E-state index >= 15 is 0 Å². The maximum atomic E-state index is 7.03. The van der Waals surface area contributed by atoms with E-state index in [1.54, 1.807) is 0 Å². The normalized spacial score (nSPS) is 11.8. The van der Waals surface area contributed by atoms with Crippen LogP contribution < -0.4 is 0 Å². The SMILES string of the molecule is c1ccc(-c2cc(-n3c4ccccc4c4cc5ccccc5cc43)c3oc4cccc(-c5nc(-c6ccccc6)nc(-c6ccc7ccccc7c6)n5)c4c3c2)cc1. The van der Waals surface area contributed by atoms with Gasteiger partial charge in [0, 0.05) is 38.2 Å². The summed E-state index contributed by atoms with van der Waals surface area (Å²) in [4.78, 5) is 15.5. The van der Waals surface area contributed by atoms with E-state index in [0.29, 0.717) is 17.5 Å². The van der Waals surface area contributed by atoms with Gasteiger partial charge >= 0.3 is 0 Å². The summed E-state index contributed by atoms with van der Waals surface area (Å²) in [6.45, 7) is 0. The standard InChI is InChI=1S/C53H32N4O/c1-3-14-33(15-4-1)40-30-44-49-42(53-55-51(35-17-5-2-6-18-35)54-52(56-53)39-27-26-34-16-7-8-19-36(34)28-39)23-13-25-48(49)58-50(44)47(32-40)57-45-24-12-11-22-41(45)43-29-37-20-9-10-21-38(37)31-46(43)57/h1-32H. The third kappa shape index (κ3) is 5.14. The van der Waals surface area contributed by atoms with Crippen molar-refractivity contribution in [3.05, 3.63) is 194 Å². The van der Waals surface area contributed by atoms with Crippen molar-refractivity contribution in [2.75, 3.05) is 0 Å². The number of para-hydroxylation sites is 1. The predicted octanol–water partition coefficient (Wildman–Crippen LogP) is 13.8. The molecule has 58 heavy (non-hydrogen) atoms. The van der Waals surface area contributed by atoms with Gasteiger partial charge in [-0.05, 0) is 75.1 Å². The molecule has 0 radical (unpaired) electrons. The average molecular weight is 741 g/mol. The molecule has 0 amide bonds. The number of hydrogen-bond donors (Lipinski definition) is 0. The Morgan fingerprint density at radius 3 is 1.79 bits per heavy atom. The van der Waals surface area contributed by atoms with Crippen LogP contribution in [0, 0.1) is 0 Å². The van der Waals surface area contributed by atoms with E-state index in [4.69, 9.17) is 19.4 Å².